The van der Waals surface area contributed by atoms with Crippen molar-refractivity contribution in [2.24, 2.45) is 16.7 Å². The molecule has 24 heavy (non-hydrogen) atoms. The van der Waals surface area contributed by atoms with E-state index < -0.39 is 40.9 Å². The van der Waals surface area contributed by atoms with Crippen LogP contribution >= 0.6 is 0 Å². The second kappa shape index (κ2) is 5.05. The maximum atomic E-state index is 12.3. The zero-order valence-corrected chi connectivity index (χ0v) is 14.0. The molecule has 1 saturated heterocycles. The molecule has 0 amide bonds. The first-order valence-corrected chi connectivity index (χ1v) is 8.09. The van der Waals surface area contributed by atoms with Gasteiger partial charge in [0, 0.05) is 16.9 Å². The number of rotatable bonds is 1. The summed E-state index contributed by atoms with van der Waals surface area (Å²) in [6.07, 6.45) is 2.88. The summed E-state index contributed by atoms with van der Waals surface area (Å²) < 4.78 is 10.3. The van der Waals surface area contributed by atoms with Crippen LogP contribution in [0.25, 0.3) is 0 Å². The van der Waals surface area contributed by atoms with Gasteiger partial charge < -0.3 is 19.7 Å². The van der Waals surface area contributed by atoms with E-state index in [4.69, 9.17) is 14.6 Å². The molecule has 0 aromatic rings. The van der Waals surface area contributed by atoms with Crippen LogP contribution in [0.2, 0.25) is 0 Å². The SMILES string of the molecule is CC1(C)CCC[C@]2(C)[C@@H]1[C@@H](OC(=O)C(=O)O)C=C1COC(=O)[C@]12O. The standard InChI is InChI=1S/C17H22O7/c1-15(2)5-4-6-16(3)11(15)10(24-13(20)12(18)19)7-9-8-23-14(21)17(9,16)22/h7,10-11,22H,4-6,8H2,1-3H3,(H,18,19)/t10-,11+,16+,17+/m0/s1. The molecule has 132 valence electrons. The summed E-state index contributed by atoms with van der Waals surface area (Å²) in [6.45, 7) is 5.71. The number of aliphatic carboxylic acids is 1. The molecule has 0 aromatic heterocycles. The molecule has 2 N–H and O–H groups in total. The summed E-state index contributed by atoms with van der Waals surface area (Å²) in [6, 6.07) is 0. The lowest BCUT2D eigenvalue weighted by atomic mass is 9.46. The number of aliphatic hydroxyl groups is 1. The number of hydrogen-bond donors (Lipinski definition) is 2. The summed E-state index contributed by atoms with van der Waals surface area (Å²) >= 11 is 0. The first-order valence-electron chi connectivity index (χ1n) is 8.09. The Labute approximate surface area is 139 Å². The molecule has 0 aromatic carbocycles. The quantitative estimate of drug-likeness (QED) is 0.417. The first-order chi connectivity index (χ1) is 11.0. The lowest BCUT2D eigenvalue weighted by molar-refractivity contribution is -0.198. The minimum atomic E-state index is -1.75. The average Bonchev–Trinajstić information content (AvgIpc) is 2.75. The van der Waals surface area contributed by atoms with Gasteiger partial charge in [-0.3, -0.25) is 0 Å². The van der Waals surface area contributed by atoms with Crippen molar-refractivity contribution in [1.82, 2.24) is 0 Å². The number of hydrogen-bond acceptors (Lipinski definition) is 6. The van der Waals surface area contributed by atoms with Crippen LogP contribution < -0.4 is 0 Å². The summed E-state index contributed by atoms with van der Waals surface area (Å²) in [5, 5.41) is 20.1. The van der Waals surface area contributed by atoms with Gasteiger partial charge in [0.05, 0.1) is 0 Å². The fourth-order valence-electron chi connectivity index (χ4n) is 5.12. The van der Waals surface area contributed by atoms with E-state index in [0.717, 1.165) is 12.8 Å². The summed E-state index contributed by atoms with van der Waals surface area (Å²) in [4.78, 5) is 34.8. The van der Waals surface area contributed by atoms with E-state index in [1.54, 1.807) is 6.92 Å². The third-order valence-electron chi connectivity index (χ3n) is 6.10. The molecule has 7 nitrogen and oxygen atoms in total. The minimum Gasteiger partial charge on any atom is -0.473 e. The third kappa shape index (κ3) is 2.03. The van der Waals surface area contributed by atoms with Gasteiger partial charge in [0.2, 0.25) is 0 Å². The summed E-state index contributed by atoms with van der Waals surface area (Å²) in [5.74, 6) is -4.08. The van der Waals surface area contributed by atoms with E-state index in [2.05, 4.69) is 0 Å². The Morgan fingerprint density at radius 3 is 2.58 bits per heavy atom. The average molecular weight is 338 g/mol. The van der Waals surface area contributed by atoms with Crippen LogP contribution in [0.15, 0.2) is 11.6 Å². The van der Waals surface area contributed by atoms with Crippen LogP contribution in [0, 0.1) is 16.7 Å². The zero-order chi connectivity index (χ0) is 17.9. The minimum absolute atomic E-state index is 0.0702. The molecular weight excluding hydrogens is 316 g/mol. The predicted octanol–water partition coefficient (Wildman–Crippen LogP) is 1.04. The molecule has 1 aliphatic heterocycles. The van der Waals surface area contributed by atoms with Gasteiger partial charge in [0.25, 0.3) is 0 Å². The van der Waals surface area contributed by atoms with Crippen molar-refractivity contribution in [3.05, 3.63) is 11.6 Å². The first kappa shape index (κ1) is 17.0. The van der Waals surface area contributed by atoms with Crippen molar-refractivity contribution >= 4 is 17.9 Å². The number of esters is 2. The van der Waals surface area contributed by atoms with Crippen molar-refractivity contribution in [1.29, 1.82) is 0 Å². The molecule has 0 unspecified atom stereocenters. The molecule has 3 aliphatic rings. The Bertz CT molecular complexity index is 649. The highest BCUT2D eigenvalue weighted by Gasteiger charge is 2.69. The molecule has 0 radical (unpaired) electrons. The van der Waals surface area contributed by atoms with Gasteiger partial charge in [0.15, 0.2) is 5.60 Å². The highest BCUT2D eigenvalue weighted by Crippen LogP contribution is 2.63. The largest absolute Gasteiger partial charge is 0.473 e. The van der Waals surface area contributed by atoms with Crippen molar-refractivity contribution in [3.63, 3.8) is 0 Å². The molecule has 7 heteroatoms. The van der Waals surface area contributed by atoms with Crippen molar-refractivity contribution in [3.8, 4) is 0 Å². The number of ether oxygens (including phenoxy) is 2. The number of cyclic esters (lactones) is 1. The smallest absolute Gasteiger partial charge is 0.417 e. The van der Waals surface area contributed by atoms with Gasteiger partial charge in [0.1, 0.15) is 12.7 Å². The number of fused-ring (bicyclic) bond motifs is 3. The number of carboxylic acids is 1. The van der Waals surface area contributed by atoms with Crippen molar-refractivity contribution in [2.45, 2.75) is 51.7 Å². The fraction of sp³-hybridized carbons (Fsp3) is 0.706. The van der Waals surface area contributed by atoms with Gasteiger partial charge in [-0.15, -0.1) is 0 Å². The van der Waals surface area contributed by atoms with Crippen LogP contribution in [-0.4, -0.2) is 46.4 Å². The fourth-order valence-corrected chi connectivity index (χ4v) is 5.12. The molecule has 4 atom stereocenters. The van der Waals surface area contributed by atoms with E-state index in [-0.39, 0.29) is 12.0 Å². The molecule has 1 saturated carbocycles. The molecule has 0 spiro atoms. The van der Waals surface area contributed by atoms with E-state index >= 15 is 0 Å². The molecule has 2 aliphatic carbocycles. The molecule has 0 bridgehead atoms. The highest BCUT2D eigenvalue weighted by atomic mass is 16.6. The second-order valence-corrected chi connectivity index (χ2v) is 7.89. The third-order valence-corrected chi connectivity index (χ3v) is 6.10. The van der Waals surface area contributed by atoms with Crippen LogP contribution in [0.4, 0.5) is 0 Å². The topological polar surface area (TPSA) is 110 Å². The maximum Gasteiger partial charge on any atom is 0.417 e. The lowest BCUT2D eigenvalue weighted by Gasteiger charge is -2.59. The molecular formula is C17H22O7. The lowest BCUT2D eigenvalue weighted by Crippen LogP contribution is -2.65. The van der Waals surface area contributed by atoms with Crippen molar-refractivity contribution in [2.75, 3.05) is 6.61 Å². The van der Waals surface area contributed by atoms with Gasteiger partial charge in [-0.2, -0.15) is 0 Å². The van der Waals surface area contributed by atoms with Crippen LogP contribution in [0.5, 0.6) is 0 Å². The second-order valence-electron chi connectivity index (χ2n) is 7.89. The van der Waals surface area contributed by atoms with E-state index in [1.807, 2.05) is 13.8 Å². The number of carboxylic acid groups (broad SMARTS) is 1. The zero-order valence-electron chi connectivity index (χ0n) is 14.0. The van der Waals surface area contributed by atoms with Gasteiger partial charge >= 0.3 is 17.9 Å². The Morgan fingerprint density at radius 2 is 1.96 bits per heavy atom. The van der Waals surface area contributed by atoms with Crippen molar-refractivity contribution < 1.29 is 34.1 Å². The molecule has 2 fully saturated rings. The Morgan fingerprint density at radius 1 is 1.29 bits per heavy atom. The monoisotopic (exact) mass is 338 g/mol. The Hall–Kier alpha value is -1.89. The van der Waals surface area contributed by atoms with E-state index in [0.29, 0.717) is 12.0 Å². The predicted molar refractivity (Wildman–Crippen MR) is 80.7 cm³/mol. The number of carbonyl (C=O) groups is 3. The normalized spacial score (nSPS) is 40.0. The Kier molecular flexibility index (Phi) is 3.57. The van der Waals surface area contributed by atoms with Gasteiger partial charge in [-0.1, -0.05) is 27.2 Å². The highest BCUT2D eigenvalue weighted by molar-refractivity contribution is 6.28. The summed E-state index contributed by atoms with van der Waals surface area (Å²) in [5.41, 5.74) is -2.64. The Balaban J connectivity index is 2.13. The van der Waals surface area contributed by atoms with Crippen LogP contribution in [-0.2, 0) is 23.9 Å². The molecule has 1 heterocycles. The molecule has 3 rings (SSSR count). The van der Waals surface area contributed by atoms with E-state index in [9.17, 15) is 19.5 Å². The van der Waals surface area contributed by atoms with Crippen LogP contribution in [0.1, 0.15) is 40.0 Å². The maximum absolute atomic E-state index is 12.3. The van der Waals surface area contributed by atoms with Gasteiger partial charge in [-0.05, 0) is 24.3 Å². The van der Waals surface area contributed by atoms with Gasteiger partial charge in [-0.25, -0.2) is 14.4 Å². The van der Waals surface area contributed by atoms with Crippen LogP contribution in [0.3, 0.4) is 0 Å². The summed E-state index contributed by atoms with van der Waals surface area (Å²) in [7, 11) is 0. The number of carbonyl (C=O) groups excluding carboxylic acids is 2. The van der Waals surface area contributed by atoms with E-state index in [1.165, 1.54) is 6.08 Å².